The first-order valence-electron chi connectivity index (χ1n) is 9.11. The molecule has 2 heterocycles. The summed E-state index contributed by atoms with van der Waals surface area (Å²) in [5, 5.41) is 9.02. The van der Waals surface area contributed by atoms with E-state index >= 15 is 0 Å². The van der Waals surface area contributed by atoms with Gasteiger partial charge in [0.15, 0.2) is 0 Å². The van der Waals surface area contributed by atoms with Crippen LogP contribution in [0.1, 0.15) is 33.7 Å². The normalized spacial score (nSPS) is 18.9. The number of fused-ring (bicyclic) bond motifs is 1. The number of oxime groups is 1. The van der Waals surface area contributed by atoms with E-state index in [1.807, 2.05) is 0 Å². The minimum absolute atomic E-state index is 0.123. The van der Waals surface area contributed by atoms with Crippen LogP contribution >= 0.6 is 0 Å². The minimum Gasteiger partial charge on any atom is -0.465 e. The van der Waals surface area contributed by atoms with Crippen molar-refractivity contribution in [2.45, 2.75) is 25.1 Å². The lowest BCUT2D eigenvalue weighted by atomic mass is 9.88. The highest BCUT2D eigenvalue weighted by Crippen LogP contribution is 2.49. The van der Waals surface area contributed by atoms with Crippen molar-refractivity contribution in [1.82, 2.24) is 9.78 Å². The van der Waals surface area contributed by atoms with E-state index < -0.39 is 24.2 Å². The Morgan fingerprint density at radius 1 is 1.20 bits per heavy atom. The SMILES string of the molecule is COC(=O)c1ccc(C2=NOC(c3cc(C)nn3C)(C(F)(F)F)C2)c2ccccc12. The third-order valence-electron chi connectivity index (χ3n) is 5.24. The second kappa shape index (κ2) is 6.86. The molecule has 30 heavy (non-hydrogen) atoms. The molecular weight excluding hydrogens is 399 g/mol. The number of esters is 1. The van der Waals surface area contributed by atoms with Gasteiger partial charge in [0, 0.05) is 12.6 Å². The van der Waals surface area contributed by atoms with E-state index in [9.17, 15) is 18.0 Å². The lowest BCUT2D eigenvalue weighted by molar-refractivity contribution is -0.278. The molecule has 0 saturated carbocycles. The van der Waals surface area contributed by atoms with Gasteiger partial charge >= 0.3 is 12.1 Å². The standard InChI is InChI=1S/C21H18F3N3O3/c1-12-10-18(27(2)25-12)20(21(22,23)24)11-17(26-30-20)15-8-9-16(19(28)29-3)14-7-5-4-6-13(14)15/h4-10H,11H2,1-3H3. The molecule has 156 valence electrons. The van der Waals surface area contributed by atoms with E-state index in [0.29, 0.717) is 27.6 Å². The van der Waals surface area contributed by atoms with Gasteiger partial charge in [0.2, 0.25) is 0 Å². The molecule has 0 radical (unpaired) electrons. The zero-order chi connectivity index (χ0) is 21.7. The summed E-state index contributed by atoms with van der Waals surface area (Å²) >= 11 is 0. The van der Waals surface area contributed by atoms with Crippen LogP contribution in [0.25, 0.3) is 10.8 Å². The number of hydrogen-bond acceptors (Lipinski definition) is 5. The summed E-state index contributed by atoms with van der Waals surface area (Å²) in [6.07, 6.45) is -5.24. The van der Waals surface area contributed by atoms with Gasteiger partial charge in [-0.15, -0.1) is 0 Å². The topological polar surface area (TPSA) is 65.7 Å². The number of aryl methyl sites for hydroxylation is 2. The molecule has 1 aliphatic heterocycles. The smallest absolute Gasteiger partial charge is 0.437 e. The number of aromatic nitrogens is 2. The number of ether oxygens (including phenoxy) is 1. The van der Waals surface area contributed by atoms with Gasteiger partial charge in [0.25, 0.3) is 5.60 Å². The maximum absolute atomic E-state index is 14.2. The van der Waals surface area contributed by atoms with Gasteiger partial charge in [-0.2, -0.15) is 18.3 Å². The second-order valence-electron chi connectivity index (χ2n) is 7.12. The molecule has 0 amide bonds. The second-order valence-corrected chi connectivity index (χ2v) is 7.12. The van der Waals surface area contributed by atoms with Gasteiger partial charge < -0.3 is 9.57 Å². The molecule has 3 aromatic rings. The Morgan fingerprint density at radius 2 is 1.90 bits per heavy atom. The summed E-state index contributed by atoms with van der Waals surface area (Å²) in [4.78, 5) is 17.2. The summed E-state index contributed by atoms with van der Waals surface area (Å²) in [6, 6.07) is 11.4. The van der Waals surface area contributed by atoms with Crippen LogP contribution in [0, 0.1) is 6.92 Å². The van der Waals surface area contributed by atoms with Crippen molar-refractivity contribution in [2.75, 3.05) is 7.11 Å². The lowest BCUT2D eigenvalue weighted by Gasteiger charge is -2.29. The molecule has 2 aromatic carbocycles. The Hall–Kier alpha value is -3.36. The number of nitrogens with zero attached hydrogens (tertiary/aromatic N) is 3. The molecule has 0 spiro atoms. The fourth-order valence-electron chi connectivity index (χ4n) is 3.84. The Labute approximate surface area is 169 Å². The summed E-state index contributed by atoms with van der Waals surface area (Å²) in [6.45, 7) is 1.61. The summed E-state index contributed by atoms with van der Waals surface area (Å²) in [5.41, 5.74) is -1.40. The Balaban J connectivity index is 1.83. The van der Waals surface area contributed by atoms with Gasteiger partial charge in [-0.3, -0.25) is 4.68 Å². The Bertz CT molecular complexity index is 1180. The molecule has 0 saturated heterocycles. The molecule has 9 heteroatoms. The molecule has 1 aliphatic rings. The van der Waals surface area contributed by atoms with Crippen LogP contribution in [0.2, 0.25) is 0 Å². The Kier molecular flexibility index (Phi) is 4.56. The van der Waals surface area contributed by atoms with Crippen molar-refractivity contribution >= 4 is 22.5 Å². The molecule has 1 atom stereocenters. The third-order valence-corrected chi connectivity index (χ3v) is 5.24. The summed E-state index contributed by atoms with van der Waals surface area (Å²) in [5.74, 6) is -0.530. The third kappa shape index (κ3) is 2.92. The number of carbonyl (C=O) groups excluding carboxylic acids is 1. The highest BCUT2D eigenvalue weighted by molar-refractivity contribution is 6.15. The predicted molar refractivity (Wildman–Crippen MR) is 103 cm³/mol. The van der Waals surface area contributed by atoms with E-state index in [1.165, 1.54) is 31.0 Å². The van der Waals surface area contributed by atoms with E-state index in [2.05, 4.69) is 10.3 Å². The molecule has 1 unspecified atom stereocenters. The number of halogens is 3. The average Bonchev–Trinajstić information content (AvgIpc) is 3.30. The van der Waals surface area contributed by atoms with Crippen molar-refractivity contribution in [3.05, 3.63) is 65.0 Å². The highest BCUT2D eigenvalue weighted by atomic mass is 19.4. The van der Waals surface area contributed by atoms with Crippen LogP contribution in [-0.2, 0) is 22.2 Å². The van der Waals surface area contributed by atoms with E-state index in [-0.39, 0.29) is 11.4 Å². The fraction of sp³-hybridized carbons (Fsp3) is 0.286. The van der Waals surface area contributed by atoms with Crippen molar-refractivity contribution in [3.8, 4) is 0 Å². The van der Waals surface area contributed by atoms with Gasteiger partial charge in [0.1, 0.15) is 0 Å². The number of hydrogen-bond donors (Lipinski definition) is 0. The first kappa shape index (κ1) is 19.9. The largest absolute Gasteiger partial charge is 0.465 e. The molecule has 6 nitrogen and oxygen atoms in total. The zero-order valence-electron chi connectivity index (χ0n) is 16.4. The van der Waals surface area contributed by atoms with Crippen molar-refractivity contribution in [2.24, 2.45) is 12.2 Å². The maximum Gasteiger partial charge on any atom is 0.437 e. The number of rotatable bonds is 3. The first-order chi connectivity index (χ1) is 14.2. The van der Waals surface area contributed by atoms with E-state index in [1.54, 1.807) is 37.3 Å². The van der Waals surface area contributed by atoms with Gasteiger partial charge in [-0.25, -0.2) is 4.79 Å². The fourth-order valence-corrected chi connectivity index (χ4v) is 3.84. The first-order valence-corrected chi connectivity index (χ1v) is 9.11. The number of methoxy groups -OCH3 is 1. The highest BCUT2D eigenvalue weighted by Gasteiger charge is 2.64. The van der Waals surface area contributed by atoms with E-state index in [0.717, 1.165) is 0 Å². The number of carbonyl (C=O) groups is 1. The van der Waals surface area contributed by atoms with Crippen molar-refractivity contribution < 1.29 is 27.5 Å². The van der Waals surface area contributed by atoms with Crippen molar-refractivity contribution in [3.63, 3.8) is 0 Å². The molecule has 1 aromatic heterocycles. The predicted octanol–water partition coefficient (Wildman–Crippen LogP) is 4.25. The maximum atomic E-state index is 14.2. The quantitative estimate of drug-likeness (QED) is 0.598. The monoisotopic (exact) mass is 417 g/mol. The number of benzene rings is 2. The average molecular weight is 417 g/mol. The van der Waals surface area contributed by atoms with Crippen LogP contribution in [0.3, 0.4) is 0 Å². The zero-order valence-corrected chi connectivity index (χ0v) is 16.4. The number of alkyl halides is 3. The Morgan fingerprint density at radius 3 is 2.50 bits per heavy atom. The van der Waals surface area contributed by atoms with Crippen LogP contribution in [0.4, 0.5) is 13.2 Å². The van der Waals surface area contributed by atoms with Gasteiger partial charge in [-0.05, 0) is 29.8 Å². The summed E-state index contributed by atoms with van der Waals surface area (Å²) < 4.78 is 48.6. The molecule has 4 rings (SSSR count). The van der Waals surface area contributed by atoms with Crippen LogP contribution < -0.4 is 0 Å². The van der Waals surface area contributed by atoms with Crippen molar-refractivity contribution in [1.29, 1.82) is 0 Å². The molecule has 0 N–H and O–H groups in total. The molecule has 0 fully saturated rings. The molecule has 0 aliphatic carbocycles. The molecular formula is C21H18F3N3O3. The van der Waals surface area contributed by atoms with Gasteiger partial charge in [0.05, 0.1) is 36.2 Å². The molecule has 0 bridgehead atoms. The van der Waals surface area contributed by atoms with E-state index in [4.69, 9.17) is 9.57 Å². The van der Waals surface area contributed by atoms with Crippen LogP contribution in [0.15, 0.2) is 47.6 Å². The lowest BCUT2D eigenvalue weighted by Crippen LogP contribution is -2.44. The van der Waals surface area contributed by atoms with Crippen LogP contribution in [0.5, 0.6) is 0 Å². The summed E-state index contributed by atoms with van der Waals surface area (Å²) in [7, 11) is 2.71. The minimum atomic E-state index is -4.72. The van der Waals surface area contributed by atoms with Crippen LogP contribution in [-0.4, -0.2) is 34.7 Å². The van der Waals surface area contributed by atoms with Gasteiger partial charge in [-0.1, -0.05) is 35.5 Å².